The van der Waals surface area contributed by atoms with Crippen LogP contribution in [0.2, 0.25) is 0 Å². The number of nitrogens with one attached hydrogen (secondary N) is 2. The molecule has 14 heteroatoms. The third-order valence-electron chi connectivity index (χ3n) is 12.2. The molecule has 0 spiro atoms. The van der Waals surface area contributed by atoms with E-state index in [1.54, 1.807) is 35.4 Å². The summed E-state index contributed by atoms with van der Waals surface area (Å²) in [4.78, 5) is 61.2. The van der Waals surface area contributed by atoms with Crippen molar-refractivity contribution in [3.63, 3.8) is 0 Å². The van der Waals surface area contributed by atoms with E-state index in [2.05, 4.69) is 50.2 Å². The smallest absolute Gasteiger partial charge is 0.263 e. The van der Waals surface area contributed by atoms with Gasteiger partial charge in [0.25, 0.3) is 11.1 Å². The monoisotopic (exact) mass is 944 g/mol. The summed E-state index contributed by atoms with van der Waals surface area (Å²) in [6, 6.07) is 42.2. The number of nitrogens with zero attached hydrogens (tertiary/aromatic N) is 10. The fourth-order valence-corrected chi connectivity index (χ4v) is 8.86. The minimum atomic E-state index is -0.330. The summed E-state index contributed by atoms with van der Waals surface area (Å²) in [6.07, 6.45) is 6.55. The van der Waals surface area contributed by atoms with Crippen molar-refractivity contribution in [1.29, 1.82) is 0 Å². The summed E-state index contributed by atoms with van der Waals surface area (Å²) >= 11 is 0. The number of benzene rings is 4. The van der Waals surface area contributed by atoms with Gasteiger partial charge in [-0.1, -0.05) is 72.8 Å². The largest absolute Gasteiger partial charge is 0.371 e. The Morgan fingerprint density at radius 3 is 1.28 bits per heavy atom. The molecule has 6 heterocycles. The molecule has 0 radical (unpaired) electrons. The van der Waals surface area contributed by atoms with E-state index in [1.807, 2.05) is 161 Å². The molecule has 72 heavy (non-hydrogen) atoms. The molecule has 10 aromatic rings. The Morgan fingerprint density at radius 1 is 0.500 bits per heavy atom. The molecule has 0 saturated carbocycles. The van der Waals surface area contributed by atoms with E-state index in [0.29, 0.717) is 45.4 Å². The average molecular weight is 945 g/mol. The highest BCUT2D eigenvalue weighted by Crippen LogP contribution is 2.34. The van der Waals surface area contributed by atoms with Crippen LogP contribution in [0.4, 0.5) is 23.0 Å². The predicted octanol–water partition coefficient (Wildman–Crippen LogP) is 12.4. The third kappa shape index (κ3) is 9.66. The van der Waals surface area contributed by atoms with Gasteiger partial charge >= 0.3 is 0 Å². The van der Waals surface area contributed by atoms with Crippen LogP contribution < -0.4 is 21.8 Å². The van der Waals surface area contributed by atoms with Gasteiger partial charge in [-0.2, -0.15) is 0 Å². The highest BCUT2D eigenvalue weighted by molar-refractivity contribution is 5.97. The summed E-state index contributed by atoms with van der Waals surface area (Å²) in [5, 5.41) is 9.65. The van der Waals surface area contributed by atoms with Crippen molar-refractivity contribution in [2.45, 2.75) is 53.6 Å². The van der Waals surface area contributed by atoms with Crippen LogP contribution in [0.3, 0.4) is 0 Å². The van der Waals surface area contributed by atoms with Crippen LogP contribution >= 0.6 is 0 Å². The molecule has 0 aliphatic rings. The minimum Gasteiger partial charge on any atom is -0.371 e. The Bertz CT molecular complexity index is 3620. The Balaban J connectivity index is 0.000000178. The van der Waals surface area contributed by atoms with E-state index in [1.165, 1.54) is 12.4 Å². The van der Waals surface area contributed by atoms with Gasteiger partial charge < -0.3 is 10.6 Å². The first-order valence-electron chi connectivity index (χ1n) is 23.2. The summed E-state index contributed by atoms with van der Waals surface area (Å²) in [7, 11) is 0. The van der Waals surface area contributed by atoms with Crippen molar-refractivity contribution in [2.75, 3.05) is 10.6 Å². The second kappa shape index (κ2) is 20.5. The second-order valence-electron chi connectivity index (χ2n) is 17.3. The van der Waals surface area contributed by atoms with Gasteiger partial charge in [0.05, 0.1) is 36.0 Å². The van der Waals surface area contributed by atoms with Gasteiger partial charge in [0, 0.05) is 58.9 Å². The van der Waals surface area contributed by atoms with Gasteiger partial charge in [-0.25, -0.2) is 19.7 Å². The van der Waals surface area contributed by atoms with Crippen LogP contribution in [0, 0.1) is 40.8 Å². The van der Waals surface area contributed by atoms with Crippen LogP contribution in [0.25, 0.3) is 64.9 Å². The number of aromatic nitrogens is 8. The maximum atomic E-state index is 14.2. The number of hydrogen-bond donors (Lipinski definition) is 2. The van der Waals surface area contributed by atoms with Crippen molar-refractivity contribution < 1.29 is 0 Å². The molecule has 2 N–H and O–H groups in total. The number of anilines is 2. The topological polar surface area (TPSA) is 154 Å². The average Bonchev–Trinajstić information content (AvgIpc) is 3.39. The lowest BCUT2D eigenvalue weighted by atomic mass is 9.98. The number of hydrogen-bond acceptors (Lipinski definition) is 10. The molecule has 0 saturated heterocycles. The first-order valence-corrected chi connectivity index (χ1v) is 23.2. The number of aryl methyl sites for hydroxylation is 4. The second-order valence-corrected chi connectivity index (χ2v) is 17.3. The van der Waals surface area contributed by atoms with E-state index in [0.717, 1.165) is 67.2 Å². The number of rotatable bonds is 10. The maximum Gasteiger partial charge on any atom is 0.263 e. The fourth-order valence-electron chi connectivity index (χ4n) is 8.86. The highest BCUT2D eigenvalue weighted by Gasteiger charge is 2.22. The zero-order valence-electron chi connectivity index (χ0n) is 40.5. The van der Waals surface area contributed by atoms with Crippen LogP contribution in [-0.4, -0.2) is 39.0 Å². The molecule has 6 aromatic heterocycles. The van der Waals surface area contributed by atoms with E-state index >= 15 is 0 Å². The molecule has 0 aliphatic heterocycles. The quantitative estimate of drug-likeness (QED) is 0.127. The van der Waals surface area contributed by atoms with Crippen molar-refractivity contribution in [2.24, 2.45) is 0 Å². The van der Waals surface area contributed by atoms with Gasteiger partial charge in [0.15, 0.2) is 0 Å². The molecule has 352 valence electrons. The molecule has 0 amide bonds. The Morgan fingerprint density at radius 2 is 0.903 bits per heavy atom. The van der Waals surface area contributed by atoms with Crippen LogP contribution in [-0.2, 0) is 0 Å². The predicted molar refractivity (Wildman–Crippen MR) is 285 cm³/mol. The molecular weight excluding hydrogens is 897 g/mol. The maximum absolute atomic E-state index is 14.2. The number of pyridine rings is 4. The van der Waals surface area contributed by atoms with Gasteiger partial charge in [-0.3, -0.25) is 38.7 Å². The summed E-state index contributed by atoms with van der Waals surface area (Å²) < 4.78 is 3.48. The summed E-state index contributed by atoms with van der Waals surface area (Å²) in [5.41, 5.74) is 8.87. The normalized spacial score (nSPS) is 11.7. The number of para-hydroxylation sites is 2. The lowest BCUT2D eigenvalue weighted by Crippen LogP contribution is -2.26. The van der Waals surface area contributed by atoms with Gasteiger partial charge in [-0.05, 0) is 135 Å². The minimum absolute atomic E-state index is 0.114. The fraction of sp³-hybridized carbons (Fsp3) is 0.138. The van der Waals surface area contributed by atoms with Crippen LogP contribution in [0.15, 0.2) is 168 Å². The van der Waals surface area contributed by atoms with Crippen LogP contribution in [0.5, 0.6) is 0 Å². The standard InChI is InChI=1S/2C29H24N6O/c2*1-18-15-21(13-14-31-18)24-12-8-9-22-16-26(19(2)33-28-25(30-4)17-32-20(3)34-28)35(29(36)27(22)24)23-10-6-5-7-11-23/h2*5-17,19H,1-3H3,(H,32,33,34)/t2*19-/m00/s1. The van der Waals surface area contributed by atoms with Gasteiger partial charge in [0.1, 0.15) is 23.3 Å². The Kier molecular flexibility index (Phi) is 13.5. The molecule has 0 fully saturated rings. The van der Waals surface area contributed by atoms with Gasteiger partial charge in [0.2, 0.25) is 11.4 Å². The van der Waals surface area contributed by atoms with E-state index < -0.39 is 0 Å². The number of fused-ring (bicyclic) bond motifs is 2. The Labute approximate surface area is 416 Å². The van der Waals surface area contributed by atoms with Crippen molar-refractivity contribution in [3.05, 3.63) is 236 Å². The molecular formula is C58H48N12O2. The summed E-state index contributed by atoms with van der Waals surface area (Å²) in [5.74, 6) is 2.01. The van der Waals surface area contributed by atoms with Crippen molar-refractivity contribution in [3.8, 4) is 33.6 Å². The molecule has 14 nitrogen and oxygen atoms in total. The van der Waals surface area contributed by atoms with E-state index in [4.69, 9.17) is 13.1 Å². The molecule has 2 atom stereocenters. The molecule has 4 aromatic carbocycles. The van der Waals surface area contributed by atoms with Crippen LogP contribution in [0.1, 0.15) is 60.4 Å². The summed E-state index contributed by atoms with van der Waals surface area (Å²) in [6.45, 7) is 26.3. The first-order chi connectivity index (χ1) is 34.9. The zero-order chi connectivity index (χ0) is 50.5. The molecule has 0 aliphatic carbocycles. The van der Waals surface area contributed by atoms with Crippen molar-refractivity contribution in [1.82, 2.24) is 39.0 Å². The van der Waals surface area contributed by atoms with Crippen molar-refractivity contribution >= 4 is 44.6 Å². The molecule has 10 rings (SSSR count). The van der Waals surface area contributed by atoms with E-state index in [9.17, 15) is 9.59 Å². The highest BCUT2D eigenvalue weighted by atomic mass is 16.1. The zero-order valence-corrected chi connectivity index (χ0v) is 40.5. The lowest BCUT2D eigenvalue weighted by Gasteiger charge is -2.22. The van der Waals surface area contributed by atoms with E-state index in [-0.39, 0.29) is 23.2 Å². The SMILES string of the molecule is [C-]#[N+]c1cnc(C)nc1N[C@@H](C)c1cc2cccc(-c3ccnc(C)c3)c2c(=O)n1-c1ccccc1.[C-]#[N+]c1cnc(C)nc1N[C@@H](C)c1cc2cccc(-c3ccnc(C)c3)c2c(=O)n1-c1ccccc1. The lowest BCUT2D eigenvalue weighted by molar-refractivity contribution is 0.772. The Hall–Kier alpha value is -9.66. The van der Waals surface area contributed by atoms with Gasteiger partial charge in [-0.15, -0.1) is 0 Å². The molecule has 0 unspecified atom stereocenters. The third-order valence-corrected chi connectivity index (χ3v) is 12.2. The molecule has 0 bridgehead atoms. The first kappa shape index (κ1) is 47.4.